The highest BCUT2D eigenvalue weighted by atomic mass is 16.5. The van der Waals surface area contributed by atoms with Crippen LogP contribution in [0.4, 0.5) is 11.4 Å². The SMILES string of the molecule is CN(C(=O)CN1C(=O)COc2ccc(N)cc21)C1CC1. The van der Waals surface area contributed by atoms with Gasteiger partial charge in [-0.1, -0.05) is 0 Å². The van der Waals surface area contributed by atoms with Crippen molar-refractivity contribution < 1.29 is 14.3 Å². The van der Waals surface area contributed by atoms with Crippen LogP contribution in [0.15, 0.2) is 18.2 Å². The molecule has 1 fully saturated rings. The van der Waals surface area contributed by atoms with Crippen molar-refractivity contribution in [3.8, 4) is 5.75 Å². The molecule has 1 aromatic carbocycles. The maximum Gasteiger partial charge on any atom is 0.265 e. The lowest BCUT2D eigenvalue weighted by atomic mass is 10.2. The van der Waals surface area contributed by atoms with E-state index in [1.54, 1.807) is 30.1 Å². The van der Waals surface area contributed by atoms with E-state index in [4.69, 9.17) is 10.5 Å². The topological polar surface area (TPSA) is 75.9 Å². The third-order valence-electron chi connectivity index (χ3n) is 3.71. The molecular weight excluding hydrogens is 258 g/mol. The van der Waals surface area contributed by atoms with Crippen molar-refractivity contribution in [2.75, 3.05) is 30.8 Å². The van der Waals surface area contributed by atoms with Gasteiger partial charge in [-0.05, 0) is 31.0 Å². The van der Waals surface area contributed by atoms with Gasteiger partial charge in [-0.3, -0.25) is 14.5 Å². The fourth-order valence-electron chi connectivity index (χ4n) is 2.30. The van der Waals surface area contributed by atoms with Crippen LogP contribution in [-0.2, 0) is 9.59 Å². The molecule has 2 N–H and O–H groups in total. The van der Waals surface area contributed by atoms with E-state index in [2.05, 4.69) is 0 Å². The predicted molar refractivity (Wildman–Crippen MR) is 74.5 cm³/mol. The van der Waals surface area contributed by atoms with Crippen LogP contribution in [0, 0.1) is 0 Å². The zero-order valence-corrected chi connectivity index (χ0v) is 11.3. The monoisotopic (exact) mass is 275 g/mol. The number of nitrogens with zero attached hydrogens (tertiary/aromatic N) is 2. The highest BCUT2D eigenvalue weighted by Crippen LogP contribution is 2.34. The van der Waals surface area contributed by atoms with E-state index in [1.807, 2.05) is 0 Å². The van der Waals surface area contributed by atoms with Crippen molar-refractivity contribution >= 4 is 23.2 Å². The molecule has 0 radical (unpaired) electrons. The zero-order valence-electron chi connectivity index (χ0n) is 11.3. The Bertz CT molecular complexity index is 569. The van der Waals surface area contributed by atoms with E-state index in [0.29, 0.717) is 23.2 Å². The van der Waals surface area contributed by atoms with Gasteiger partial charge in [0.05, 0.1) is 5.69 Å². The summed E-state index contributed by atoms with van der Waals surface area (Å²) < 4.78 is 5.35. The molecule has 20 heavy (non-hydrogen) atoms. The first-order valence-electron chi connectivity index (χ1n) is 6.64. The van der Waals surface area contributed by atoms with Crippen LogP contribution in [-0.4, -0.2) is 43.0 Å². The average Bonchev–Trinajstić information content (AvgIpc) is 3.25. The molecule has 0 atom stereocenters. The molecule has 1 aliphatic heterocycles. The Hall–Kier alpha value is -2.24. The highest BCUT2D eigenvalue weighted by Gasteiger charge is 2.33. The number of hydrogen-bond donors (Lipinski definition) is 1. The van der Waals surface area contributed by atoms with Crippen molar-refractivity contribution in [1.29, 1.82) is 0 Å². The number of ether oxygens (including phenoxy) is 1. The Morgan fingerprint density at radius 3 is 2.95 bits per heavy atom. The highest BCUT2D eigenvalue weighted by molar-refractivity contribution is 6.02. The number of likely N-dealkylation sites (N-methyl/N-ethyl adjacent to an activating group) is 1. The smallest absolute Gasteiger partial charge is 0.265 e. The molecule has 106 valence electrons. The molecule has 1 aromatic rings. The summed E-state index contributed by atoms with van der Waals surface area (Å²) in [5.41, 5.74) is 6.85. The number of anilines is 2. The maximum absolute atomic E-state index is 12.2. The summed E-state index contributed by atoms with van der Waals surface area (Å²) >= 11 is 0. The van der Waals surface area contributed by atoms with Gasteiger partial charge in [0.25, 0.3) is 5.91 Å². The first-order chi connectivity index (χ1) is 9.56. The number of amides is 2. The lowest BCUT2D eigenvalue weighted by Gasteiger charge is -2.30. The standard InChI is InChI=1S/C14H17N3O3/c1-16(10-3-4-10)13(18)7-17-11-6-9(15)2-5-12(11)20-8-14(17)19/h2,5-6,10H,3-4,7-8,15H2,1H3. The summed E-state index contributed by atoms with van der Waals surface area (Å²) in [5, 5.41) is 0. The minimum atomic E-state index is -0.222. The van der Waals surface area contributed by atoms with E-state index in [0.717, 1.165) is 12.8 Å². The molecule has 0 bridgehead atoms. The van der Waals surface area contributed by atoms with Gasteiger partial charge in [0, 0.05) is 18.8 Å². The number of hydrogen-bond acceptors (Lipinski definition) is 4. The van der Waals surface area contributed by atoms with Crippen LogP contribution in [0.3, 0.4) is 0 Å². The van der Waals surface area contributed by atoms with Crippen LogP contribution in [0.5, 0.6) is 5.75 Å². The molecule has 0 unspecified atom stereocenters. The molecule has 6 nitrogen and oxygen atoms in total. The Kier molecular flexibility index (Phi) is 3.00. The van der Waals surface area contributed by atoms with E-state index in [1.165, 1.54) is 4.90 Å². The van der Waals surface area contributed by atoms with Crippen LogP contribution < -0.4 is 15.4 Å². The third kappa shape index (κ3) is 2.29. The van der Waals surface area contributed by atoms with Gasteiger partial charge in [0.15, 0.2) is 6.61 Å². The summed E-state index contributed by atoms with van der Waals surface area (Å²) in [6.45, 7) is -0.0109. The van der Waals surface area contributed by atoms with Crippen molar-refractivity contribution in [3.63, 3.8) is 0 Å². The molecular formula is C14H17N3O3. The van der Waals surface area contributed by atoms with E-state index in [9.17, 15) is 9.59 Å². The number of benzene rings is 1. The summed E-state index contributed by atoms with van der Waals surface area (Å²) in [7, 11) is 1.78. The third-order valence-corrected chi connectivity index (χ3v) is 3.71. The molecule has 2 aliphatic rings. The van der Waals surface area contributed by atoms with Gasteiger partial charge in [-0.15, -0.1) is 0 Å². The van der Waals surface area contributed by atoms with Gasteiger partial charge in [-0.2, -0.15) is 0 Å². The van der Waals surface area contributed by atoms with Gasteiger partial charge < -0.3 is 15.4 Å². The minimum absolute atomic E-state index is 0.0334. The lowest BCUT2D eigenvalue weighted by Crippen LogP contribution is -2.46. The minimum Gasteiger partial charge on any atom is -0.482 e. The molecule has 0 saturated heterocycles. The van der Waals surface area contributed by atoms with Crippen LogP contribution in [0.1, 0.15) is 12.8 Å². The van der Waals surface area contributed by atoms with E-state index >= 15 is 0 Å². The molecule has 1 saturated carbocycles. The number of nitrogen functional groups attached to an aromatic ring is 1. The molecule has 1 heterocycles. The summed E-state index contributed by atoms with van der Waals surface area (Å²) in [6.07, 6.45) is 2.09. The number of rotatable bonds is 3. The Morgan fingerprint density at radius 2 is 2.25 bits per heavy atom. The van der Waals surface area contributed by atoms with Crippen molar-refractivity contribution in [1.82, 2.24) is 4.90 Å². The number of fused-ring (bicyclic) bond motifs is 1. The molecule has 3 rings (SSSR count). The summed E-state index contributed by atoms with van der Waals surface area (Å²) in [4.78, 5) is 27.4. The number of nitrogens with two attached hydrogens (primary N) is 1. The first kappa shape index (κ1) is 12.8. The second-order valence-electron chi connectivity index (χ2n) is 5.23. The molecule has 0 aromatic heterocycles. The maximum atomic E-state index is 12.2. The largest absolute Gasteiger partial charge is 0.482 e. The first-order valence-corrected chi connectivity index (χ1v) is 6.64. The Balaban J connectivity index is 1.83. The normalized spacial score (nSPS) is 17.4. The fourth-order valence-corrected chi connectivity index (χ4v) is 2.30. The van der Waals surface area contributed by atoms with Crippen LogP contribution >= 0.6 is 0 Å². The quantitative estimate of drug-likeness (QED) is 0.820. The number of carbonyl (C=O) groups is 2. The summed E-state index contributed by atoms with van der Waals surface area (Å²) in [5.74, 6) is 0.303. The van der Waals surface area contributed by atoms with E-state index in [-0.39, 0.29) is 25.0 Å². The van der Waals surface area contributed by atoms with Crippen molar-refractivity contribution in [2.24, 2.45) is 0 Å². The predicted octanol–water partition coefficient (Wildman–Crippen LogP) is 0.615. The summed E-state index contributed by atoms with van der Waals surface area (Å²) in [6, 6.07) is 5.43. The van der Waals surface area contributed by atoms with Crippen LogP contribution in [0.25, 0.3) is 0 Å². The van der Waals surface area contributed by atoms with E-state index < -0.39 is 0 Å². The molecule has 1 aliphatic carbocycles. The molecule has 2 amide bonds. The zero-order chi connectivity index (χ0) is 14.3. The van der Waals surface area contributed by atoms with Gasteiger partial charge in [0.2, 0.25) is 5.91 Å². The van der Waals surface area contributed by atoms with Crippen molar-refractivity contribution in [2.45, 2.75) is 18.9 Å². The second kappa shape index (κ2) is 4.70. The van der Waals surface area contributed by atoms with Gasteiger partial charge in [-0.25, -0.2) is 0 Å². The van der Waals surface area contributed by atoms with Gasteiger partial charge >= 0.3 is 0 Å². The second-order valence-corrected chi connectivity index (χ2v) is 5.23. The van der Waals surface area contributed by atoms with Gasteiger partial charge in [0.1, 0.15) is 12.3 Å². The molecule has 6 heteroatoms. The van der Waals surface area contributed by atoms with Crippen molar-refractivity contribution in [3.05, 3.63) is 18.2 Å². The number of carbonyl (C=O) groups excluding carboxylic acids is 2. The average molecular weight is 275 g/mol. The Morgan fingerprint density at radius 1 is 1.50 bits per heavy atom. The lowest BCUT2D eigenvalue weighted by molar-refractivity contribution is -0.131. The fraction of sp³-hybridized carbons (Fsp3) is 0.429. The Labute approximate surface area is 117 Å². The molecule has 0 spiro atoms. The van der Waals surface area contributed by atoms with Crippen LogP contribution in [0.2, 0.25) is 0 Å².